The van der Waals surface area contributed by atoms with Gasteiger partial charge in [0.15, 0.2) is 5.66 Å². The normalized spacial score (nSPS) is 28.3. The number of nitrogens with zero attached hydrogens (tertiary/aromatic N) is 1. The Labute approximate surface area is 209 Å². The summed E-state index contributed by atoms with van der Waals surface area (Å²) in [7, 11) is 0. The van der Waals surface area contributed by atoms with Crippen molar-refractivity contribution in [1.82, 2.24) is 10.2 Å². The molecule has 0 bridgehead atoms. The molecule has 1 aromatic carbocycles. The number of carbonyl (C=O) groups is 2. The molecule has 1 aliphatic carbocycles. The van der Waals surface area contributed by atoms with Crippen LogP contribution in [-0.4, -0.2) is 41.8 Å². The van der Waals surface area contributed by atoms with E-state index >= 15 is 0 Å². The van der Waals surface area contributed by atoms with E-state index in [-0.39, 0.29) is 18.9 Å². The quantitative estimate of drug-likeness (QED) is 0.538. The van der Waals surface area contributed by atoms with Crippen molar-refractivity contribution in [3.8, 4) is 0 Å². The van der Waals surface area contributed by atoms with Crippen LogP contribution in [0.1, 0.15) is 48.1 Å². The first-order valence-corrected chi connectivity index (χ1v) is 13.1. The highest BCUT2D eigenvalue weighted by Gasteiger charge is 2.48. The van der Waals surface area contributed by atoms with E-state index in [1.54, 1.807) is 11.3 Å². The summed E-state index contributed by atoms with van der Waals surface area (Å²) in [6.45, 7) is 0.865. The Bertz CT molecular complexity index is 1070. The minimum absolute atomic E-state index is 0.175. The van der Waals surface area contributed by atoms with Gasteiger partial charge in [0.05, 0.1) is 13.3 Å². The lowest BCUT2D eigenvalue weighted by Crippen LogP contribution is -2.69. The first-order valence-electron chi connectivity index (χ1n) is 12.2. The summed E-state index contributed by atoms with van der Waals surface area (Å²) in [5.74, 6) is -1.78. The fraction of sp³-hybridized carbons (Fsp3) is 0.481. The van der Waals surface area contributed by atoms with Crippen LogP contribution in [0.25, 0.3) is 6.08 Å². The number of halogens is 2. The second kappa shape index (κ2) is 11.0. The Hall–Kier alpha value is -2.58. The third-order valence-electron chi connectivity index (χ3n) is 7.47. The second-order valence-electron chi connectivity index (χ2n) is 9.68. The summed E-state index contributed by atoms with van der Waals surface area (Å²) in [4.78, 5) is 29.7. The standard InChI is InChI=1S/C27H33F2N3O2S/c1-18-11-13-35-24(18)14-20-10-12-27(30,32(25(20)33)17-19-6-3-2-4-7-19)26(34)31-23-9-5-8-21(15-28)22(23)16-29/h2-4,6-7,11,13-14,21-23H,5,8-10,12,15-17,30H2,1H3,(H,31,34)/b20-14+. The van der Waals surface area contributed by atoms with Crippen molar-refractivity contribution in [1.29, 1.82) is 0 Å². The molecule has 4 atom stereocenters. The topological polar surface area (TPSA) is 75.4 Å². The Morgan fingerprint density at radius 3 is 2.66 bits per heavy atom. The maximum atomic E-state index is 13.8. The van der Waals surface area contributed by atoms with Gasteiger partial charge >= 0.3 is 0 Å². The smallest absolute Gasteiger partial charge is 0.261 e. The van der Waals surface area contributed by atoms with Crippen LogP contribution in [0.5, 0.6) is 0 Å². The van der Waals surface area contributed by atoms with E-state index in [4.69, 9.17) is 5.73 Å². The average molecular weight is 502 g/mol. The summed E-state index contributed by atoms with van der Waals surface area (Å²) in [6, 6.07) is 10.9. The van der Waals surface area contributed by atoms with Crippen LogP contribution in [0.2, 0.25) is 0 Å². The molecule has 3 N–H and O–H groups in total. The first-order chi connectivity index (χ1) is 16.9. The summed E-state index contributed by atoms with van der Waals surface area (Å²) in [6.07, 6.45) is 4.39. The van der Waals surface area contributed by atoms with Gasteiger partial charge in [0.1, 0.15) is 0 Å². The van der Waals surface area contributed by atoms with E-state index in [2.05, 4.69) is 5.32 Å². The number of piperidine rings is 1. The lowest BCUT2D eigenvalue weighted by molar-refractivity contribution is -0.150. The lowest BCUT2D eigenvalue weighted by Gasteiger charge is -2.45. The molecule has 2 aromatic rings. The fourth-order valence-electron chi connectivity index (χ4n) is 5.22. The predicted octanol–water partition coefficient (Wildman–Crippen LogP) is 4.76. The molecule has 2 aliphatic rings. The van der Waals surface area contributed by atoms with E-state index in [1.165, 1.54) is 4.90 Å². The number of carbonyl (C=O) groups excluding carboxylic acids is 2. The van der Waals surface area contributed by atoms with Crippen molar-refractivity contribution in [2.45, 2.75) is 57.3 Å². The zero-order valence-electron chi connectivity index (χ0n) is 20.0. The van der Waals surface area contributed by atoms with E-state index in [0.717, 1.165) is 16.0 Å². The number of hydrogen-bond acceptors (Lipinski definition) is 4. The highest BCUT2D eigenvalue weighted by molar-refractivity contribution is 7.11. The van der Waals surface area contributed by atoms with Crippen molar-refractivity contribution in [3.63, 3.8) is 0 Å². The van der Waals surface area contributed by atoms with Crippen LogP contribution in [0.15, 0.2) is 47.4 Å². The van der Waals surface area contributed by atoms with E-state index in [1.807, 2.05) is 54.8 Å². The Kier molecular flexibility index (Phi) is 8.02. The molecule has 5 nitrogen and oxygen atoms in total. The summed E-state index contributed by atoms with van der Waals surface area (Å²) in [5.41, 5.74) is 7.69. The van der Waals surface area contributed by atoms with Gasteiger partial charge in [-0.05, 0) is 67.2 Å². The lowest BCUT2D eigenvalue weighted by atomic mass is 9.76. The average Bonchev–Trinajstić information content (AvgIpc) is 3.28. The second-order valence-corrected chi connectivity index (χ2v) is 10.6. The monoisotopic (exact) mass is 501 g/mol. The Morgan fingerprint density at radius 1 is 1.23 bits per heavy atom. The number of benzene rings is 1. The molecule has 1 saturated carbocycles. The number of alkyl halides is 2. The van der Waals surface area contributed by atoms with Gasteiger partial charge in [-0.1, -0.05) is 36.8 Å². The third kappa shape index (κ3) is 5.33. The Morgan fingerprint density at radius 2 is 2.00 bits per heavy atom. The Balaban J connectivity index is 1.62. The number of nitrogens with one attached hydrogen (secondary N) is 1. The van der Waals surface area contributed by atoms with Gasteiger partial charge in [0.25, 0.3) is 11.8 Å². The number of hydrogen-bond donors (Lipinski definition) is 2. The number of aryl methyl sites for hydroxylation is 1. The molecule has 1 saturated heterocycles. The number of nitrogens with two attached hydrogens (primary N) is 1. The molecule has 1 aliphatic heterocycles. The zero-order valence-corrected chi connectivity index (χ0v) is 20.8. The summed E-state index contributed by atoms with van der Waals surface area (Å²) >= 11 is 1.56. The molecule has 35 heavy (non-hydrogen) atoms. The molecule has 2 fully saturated rings. The van der Waals surface area contributed by atoms with Crippen LogP contribution < -0.4 is 11.1 Å². The molecule has 4 rings (SSSR count). The highest BCUT2D eigenvalue weighted by Crippen LogP contribution is 2.35. The SMILES string of the molecule is Cc1ccsc1/C=C1\CCC(N)(C(=O)NC2CCCC(CF)C2CF)N(Cc2ccccc2)C1=O. The van der Waals surface area contributed by atoms with Crippen molar-refractivity contribution in [3.05, 3.63) is 63.4 Å². The summed E-state index contributed by atoms with van der Waals surface area (Å²) in [5, 5.41) is 4.90. The number of amides is 2. The van der Waals surface area contributed by atoms with E-state index in [0.29, 0.717) is 31.3 Å². The van der Waals surface area contributed by atoms with Crippen LogP contribution in [0.3, 0.4) is 0 Å². The molecule has 8 heteroatoms. The fourth-order valence-corrected chi connectivity index (χ4v) is 6.10. The van der Waals surface area contributed by atoms with Gasteiger partial charge in [0.2, 0.25) is 0 Å². The van der Waals surface area contributed by atoms with Gasteiger partial charge in [0, 0.05) is 29.0 Å². The van der Waals surface area contributed by atoms with Crippen LogP contribution in [0, 0.1) is 18.8 Å². The first kappa shape index (κ1) is 25.5. The van der Waals surface area contributed by atoms with Crippen LogP contribution >= 0.6 is 11.3 Å². The van der Waals surface area contributed by atoms with Gasteiger partial charge in [-0.3, -0.25) is 18.4 Å². The van der Waals surface area contributed by atoms with Gasteiger partial charge in [-0.25, -0.2) is 0 Å². The summed E-state index contributed by atoms with van der Waals surface area (Å²) < 4.78 is 27.3. The van der Waals surface area contributed by atoms with Gasteiger partial charge < -0.3 is 16.0 Å². The number of thiophene rings is 1. The van der Waals surface area contributed by atoms with Crippen molar-refractivity contribution in [2.75, 3.05) is 13.3 Å². The molecule has 2 heterocycles. The van der Waals surface area contributed by atoms with Gasteiger partial charge in [-0.2, -0.15) is 0 Å². The van der Waals surface area contributed by atoms with Crippen molar-refractivity contribution >= 4 is 29.2 Å². The minimum atomic E-state index is -1.59. The molecule has 2 amide bonds. The predicted molar refractivity (Wildman–Crippen MR) is 135 cm³/mol. The molecule has 4 unspecified atom stereocenters. The van der Waals surface area contributed by atoms with Crippen molar-refractivity contribution in [2.24, 2.45) is 17.6 Å². The van der Waals surface area contributed by atoms with E-state index < -0.39 is 42.8 Å². The largest absolute Gasteiger partial charge is 0.350 e. The van der Waals surface area contributed by atoms with E-state index in [9.17, 15) is 18.4 Å². The van der Waals surface area contributed by atoms with Crippen LogP contribution in [0.4, 0.5) is 8.78 Å². The highest BCUT2D eigenvalue weighted by atomic mass is 32.1. The molecular weight excluding hydrogens is 468 g/mol. The molecule has 0 radical (unpaired) electrons. The number of likely N-dealkylation sites (tertiary alicyclic amines) is 1. The van der Waals surface area contributed by atoms with Gasteiger partial charge in [-0.15, -0.1) is 11.3 Å². The number of rotatable bonds is 7. The minimum Gasteiger partial charge on any atom is -0.350 e. The zero-order chi connectivity index (χ0) is 25.0. The maximum Gasteiger partial charge on any atom is 0.261 e. The molecular formula is C27H33F2N3O2S. The third-order valence-corrected chi connectivity index (χ3v) is 8.43. The van der Waals surface area contributed by atoms with Crippen LogP contribution in [-0.2, 0) is 16.1 Å². The molecule has 188 valence electrons. The van der Waals surface area contributed by atoms with Crippen molar-refractivity contribution < 1.29 is 18.4 Å². The molecule has 1 aromatic heterocycles. The maximum absolute atomic E-state index is 13.8. The molecule has 0 spiro atoms.